The molecule has 0 bridgehead atoms. The molecule has 0 aliphatic heterocycles. The van der Waals surface area contributed by atoms with E-state index in [1.165, 1.54) is 6.92 Å². The van der Waals surface area contributed by atoms with Crippen LogP contribution in [0.1, 0.15) is 42.2 Å². The number of nitrogens with one attached hydrogen (secondary N) is 3. The predicted molar refractivity (Wildman–Crippen MR) is 101 cm³/mol. The molecular weight excluding hydrogens is 330 g/mol. The van der Waals surface area contributed by atoms with Crippen LogP contribution < -0.4 is 16.0 Å². The maximum absolute atomic E-state index is 12.4. The molecule has 2 aromatic carbocycles. The third-order valence-electron chi connectivity index (χ3n) is 3.71. The van der Waals surface area contributed by atoms with E-state index in [9.17, 15) is 14.4 Å². The Balaban J connectivity index is 2.07. The molecule has 0 fully saturated rings. The normalized spacial score (nSPS) is 11.3. The van der Waals surface area contributed by atoms with Crippen LogP contribution in [0.5, 0.6) is 0 Å². The fraction of sp³-hybridized carbons (Fsp3) is 0.250. The van der Waals surface area contributed by atoms with E-state index in [0.29, 0.717) is 17.8 Å². The number of amides is 3. The first-order chi connectivity index (χ1) is 12.5. The van der Waals surface area contributed by atoms with Crippen LogP contribution in [-0.4, -0.2) is 24.3 Å². The number of carbonyl (C=O) groups excluding carboxylic acids is 3. The Bertz CT molecular complexity index is 775. The Morgan fingerprint density at radius 1 is 1.00 bits per heavy atom. The number of anilines is 1. The van der Waals surface area contributed by atoms with Gasteiger partial charge < -0.3 is 16.0 Å². The predicted octanol–water partition coefficient (Wildman–Crippen LogP) is 2.64. The van der Waals surface area contributed by atoms with Crippen LogP contribution in [0.15, 0.2) is 54.6 Å². The van der Waals surface area contributed by atoms with Gasteiger partial charge in [-0.15, -0.1) is 0 Å². The highest BCUT2D eigenvalue weighted by atomic mass is 16.2. The fourth-order valence-corrected chi connectivity index (χ4v) is 2.58. The highest BCUT2D eigenvalue weighted by molar-refractivity contribution is 5.97. The summed E-state index contributed by atoms with van der Waals surface area (Å²) in [6.45, 7) is 3.80. The first-order valence-corrected chi connectivity index (χ1v) is 8.49. The molecule has 3 amide bonds. The van der Waals surface area contributed by atoms with Crippen molar-refractivity contribution in [3.05, 3.63) is 65.7 Å². The Hall–Kier alpha value is -3.15. The van der Waals surface area contributed by atoms with Crippen molar-refractivity contribution in [1.82, 2.24) is 10.6 Å². The minimum atomic E-state index is -0.416. The average molecular weight is 353 g/mol. The number of hydrogen-bond acceptors (Lipinski definition) is 3. The zero-order valence-corrected chi connectivity index (χ0v) is 14.9. The Morgan fingerprint density at radius 3 is 2.38 bits per heavy atom. The topological polar surface area (TPSA) is 87.3 Å². The van der Waals surface area contributed by atoms with Crippen LogP contribution in [0, 0.1) is 0 Å². The summed E-state index contributed by atoms with van der Waals surface area (Å²) in [7, 11) is 0. The Labute approximate surface area is 153 Å². The van der Waals surface area contributed by atoms with Gasteiger partial charge in [0, 0.05) is 24.7 Å². The van der Waals surface area contributed by atoms with Gasteiger partial charge >= 0.3 is 0 Å². The second-order valence-electron chi connectivity index (χ2n) is 5.86. The van der Waals surface area contributed by atoms with Crippen molar-refractivity contribution in [2.45, 2.75) is 26.3 Å². The van der Waals surface area contributed by atoms with E-state index >= 15 is 0 Å². The van der Waals surface area contributed by atoms with Crippen molar-refractivity contribution in [1.29, 1.82) is 0 Å². The standard InChI is InChI=1S/C20H23N3O3/c1-3-21-20(26)16-10-7-11-17(12-16)23-19(25)13-18(22-14(2)24)15-8-5-4-6-9-15/h4-12,18H,3,13H2,1-2H3,(H,21,26)(H,22,24)(H,23,25)/t18-/m1/s1. The van der Waals surface area contributed by atoms with Crippen LogP contribution in [0.4, 0.5) is 5.69 Å². The molecular formula is C20H23N3O3. The molecule has 0 spiro atoms. The molecule has 6 nitrogen and oxygen atoms in total. The molecule has 0 aliphatic carbocycles. The molecule has 2 rings (SSSR count). The van der Waals surface area contributed by atoms with E-state index in [1.54, 1.807) is 24.3 Å². The van der Waals surface area contributed by atoms with Crippen LogP contribution in [0.2, 0.25) is 0 Å². The van der Waals surface area contributed by atoms with Crippen LogP contribution in [0.25, 0.3) is 0 Å². The molecule has 136 valence electrons. The summed E-state index contributed by atoms with van der Waals surface area (Å²) in [5.41, 5.74) is 1.87. The second-order valence-corrected chi connectivity index (χ2v) is 5.86. The maximum Gasteiger partial charge on any atom is 0.251 e. The molecule has 0 unspecified atom stereocenters. The highest BCUT2D eigenvalue weighted by Crippen LogP contribution is 2.18. The summed E-state index contributed by atoms with van der Waals surface area (Å²) in [5, 5.41) is 8.30. The van der Waals surface area contributed by atoms with Gasteiger partial charge in [-0.3, -0.25) is 14.4 Å². The highest BCUT2D eigenvalue weighted by Gasteiger charge is 2.17. The van der Waals surface area contributed by atoms with E-state index in [4.69, 9.17) is 0 Å². The smallest absolute Gasteiger partial charge is 0.251 e. The summed E-state index contributed by atoms with van der Waals surface area (Å²) >= 11 is 0. The number of rotatable bonds is 7. The molecule has 26 heavy (non-hydrogen) atoms. The summed E-state index contributed by atoms with van der Waals surface area (Å²) in [6, 6.07) is 15.6. The molecule has 0 saturated heterocycles. The molecule has 0 heterocycles. The molecule has 6 heteroatoms. The van der Waals surface area contributed by atoms with Crippen molar-refractivity contribution in [3.8, 4) is 0 Å². The molecule has 0 aliphatic rings. The van der Waals surface area contributed by atoms with Gasteiger partial charge in [0.05, 0.1) is 12.5 Å². The lowest BCUT2D eigenvalue weighted by Gasteiger charge is -2.18. The quantitative estimate of drug-likeness (QED) is 0.715. The summed E-state index contributed by atoms with van der Waals surface area (Å²) in [4.78, 5) is 35.8. The van der Waals surface area contributed by atoms with Gasteiger partial charge in [0.1, 0.15) is 0 Å². The second kappa shape index (κ2) is 9.36. The maximum atomic E-state index is 12.4. The molecule has 0 radical (unpaired) electrons. The van der Waals surface area contributed by atoms with E-state index in [2.05, 4.69) is 16.0 Å². The monoisotopic (exact) mass is 353 g/mol. The van der Waals surface area contributed by atoms with Crippen molar-refractivity contribution in [2.75, 3.05) is 11.9 Å². The third-order valence-corrected chi connectivity index (χ3v) is 3.71. The Morgan fingerprint density at radius 2 is 1.73 bits per heavy atom. The molecule has 0 aromatic heterocycles. The van der Waals surface area contributed by atoms with Gasteiger partial charge in [-0.2, -0.15) is 0 Å². The molecule has 3 N–H and O–H groups in total. The van der Waals surface area contributed by atoms with Crippen molar-refractivity contribution >= 4 is 23.4 Å². The van der Waals surface area contributed by atoms with Gasteiger partial charge in [-0.1, -0.05) is 36.4 Å². The van der Waals surface area contributed by atoms with Gasteiger partial charge in [-0.05, 0) is 30.7 Å². The summed E-state index contributed by atoms with van der Waals surface area (Å²) < 4.78 is 0. The van der Waals surface area contributed by atoms with Crippen molar-refractivity contribution < 1.29 is 14.4 Å². The summed E-state index contributed by atoms with van der Waals surface area (Å²) in [6.07, 6.45) is 0.0922. The minimum Gasteiger partial charge on any atom is -0.352 e. The van der Waals surface area contributed by atoms with E-state index in [0.717, 1.165) is 5.56 Å². The summed E-state index contributed by atoms with van der Waals surface area (Å²) in [5.74, 6) is -0.644. The fourth-order valence-electron chi connectivity index (χ4n) is 2.58. The zero-order chi connectivity index (χ0) is 18.9. The van der Waals surface area contributed by atoms with Crippen molar-refractivity contribution in [3.63, 3.8) is 0 Å². The third kappa shape index (κ3) is 5.73. The van der Waals surface area contributed by atoms with E-state index in [-0.39, 0.29) is 24.1 Å². The number of benzene rings is 2. The molecule has 0 saturated carbocycles. The number of hydrogen-bond donors (Lipinski definition) is 3. The first-order valence-electron chi connectivity index (χ1n) is 8.49. The van der Waals surface area contributed by atoms with E-state index < -0.39 is 6.04 Å². The SMILES string of the molecule is CCNC(=O)c1cccc(NC(=O)C[C@@H](NC(C)=O)c2ccccc2)c1. The minimum absolute atomic E-state index is 0.0922. The lowest BCUT2D eigenvalue weighted by Crippen LogP contribution is -2.29. The largest absolute Gasteiger partial charge is 0.352 e. The Kier molecular flexibility index (Phi) is 6.91. The molecule has 2 aromatic rings. The zero-order valence-electron chi connectivity index (χ0n) is 14.9. The first kappa shape index (κ1) is 19.2. The van der Waals surface area contributed by atoms with Gasteiger partial charge in [0.25, 0.3) is 5.91 Å². The van der Waals surface area contributed by atoms with E-state index in [1.807, 2.05) is 37.3 Å². The van der Waals surface area contributed by atoms with Gasteiger partial charge in [0.15, 0.2) is 0 Å². The lowest BCUT2D eigenvalue weighted by molar-refractivity contribution is -0.120. The molecule has 1 atom stereocenters. The van der Waals surface area contributed by atoms with Crippen molar-refractivity contribution in [2.24, 2.45) is 0 Å². The number of carbonyl (C=O) groups is 3. The van der Waals surface area contributed by atoms with Gasteiger partial charge in [0.2, 0.25) is 11.8 Å². The van der Waals surface area contributed by atoms with Crippen LogP contribution in [-0.2, 0) is 9.59 Å². The lowest BCUT2D eigenvalue weighted by atomic mass is 10.0. The van der Waals surface area contributed by atoms with Crippen LogP contribution >= 0.6 is 0 Å². The van der Waals surface area contributed by atoms with Crippen LogP contribution in [0.3, 0.4) is 0 Å². The average Bonchev–Trinajstić information content (AvgIpc) is 2.62. The van der Waals surface area contributed by atoms with Gasteiger partial charge in [-0.25, -0.2) is 0 Å².